The van der Waals surface area contributed by atoms with Gasteiger partial charge in [0.1, 0.15) is 11.5 Å². The second-order valence-corrected chi connectivity index (χ2v) is 4.88. The van der Waals surface area contributed by atoms with E-state index in [-0.39, 0.29) is 0 Å². The summed E-state index contributed by atoms with van der Waals surface area (Å²) in [6.07, 6.45) is 6.66. The molecule has 0 amide bonds. The van der Waals surface area contributed by atoms with Gasteiger partial charge in [0.25, 0.3) is 0 Å². The highest BCUT2D eigenvalue weighted by atomic mass is 16.5. The third kappa shape index (κ3) is 3.51. The molecule has 0 fully saturated rings. The standard InChI is InChI=1S/C16H17N5O2/c1-11-3-4-14(23-11)15-12(13-10-17-5-6-18-13)9-20-16(21-15)19-7-8-22-2/h3-6,9-10H,7-8H2,1-2H3,(H,19,20,21). The van der Waals surface area contributed by atoms with Crippen LogP contribution in [0.4, 0.5) is 5.95 Å². The number of rotatable bonds is 6. The third-order valence-corrected chi connectivity index (χ3v) is 3.19. The summed E-state index contributed by atoms with van der Waals surface area (Å²) in [5.74, 6) is 2.00. The number of aryl methyl sites for hydroxylation is 1. The Morgan fingerprint density at radius 3 is 2.78 bits per heavy atom. The first-order chi connectivity index (χ1) is 11.3. The zero-order valence-corrected chi connectivity index (χ0v) is 13.0. The minimum absolute atomic E-state index is 0.513. The maximum atomic E-state index is 5.72. The van der Waals surface area contributed by atoms with E-state index < -0.39 is 0 Å². The van der Waals surface area contributed by atoms with Gasteiger partial charge in [-0.1, -0.05) is 0 Å². The van der Waals surface area contributed by atoms with Crippen molar-refractivity contribution in [3.05, 3.63) is 42.7 Å². The van der Waals surface area contributed by atoms with E-state index in [1.54, 1.807) is 31.9 Å². The van der Waals surface area contributed by atoms with Gasteiger partial charge in [-0.2, -0.15) is 0 Å². The van der Waals surface area contributed by atoms with Crippen LogP contribution in [0.3, 0.4) is 0 Å². The molecule has 0 aliphatic rings. The normalized spacial score (nSPS) is 10.7. The highest BCUT2D eigenvalue weighted by Crippen LogP contribution is 2.30. The Balaban J connectivity index is 2.01. The summed E-state index contributed by atoms with van der Waals surface area (Å²) < 4.78 is 10.7. The summed E-state index contributed by atoms with van der Waals surface area (Å²) >= 11 is 0. The van der Waals surface area contributed by atoms with Crippen LogP contribution in [0, 0.1) is 6.92 Å². The number of hydrogen-bond acceptors (Lipinski definition) is 7. The van der Waals surface area contributed by atoms with Crippen LogP contribution >= 0.6 is 0 Å². The first kappa shape index (κ1) is 15.1. The lowest BCUT2D eigenvalue weighted by Crippen LogP contribution is -2.10. The molecule has 0 atom stereocenters. The molecule has 0 saturated carbocycles. The lowest BCUT2D eigenvalue weighted by molar-refractivity contribution is 0.210. The van der Waals surface area contributed by atoms with Crippen LogP contribution < -0.4 is 5.32 Å². The lowest BCUT2D eigenvalue weighted by atomic mass is 10.1. The molecule has 0 spiro atoms. The van der Waals surface area contributed by atoms with Gasteiger partial charge in [-0.25, -0.2) is 9.97 Å². The van der Waals surface area contributed by atoms with Crippen molar-refractivity contribution in [1.82, 2.24) is 19.9 Å². The minimum atomic E-state index is 0.513. The van der Waals surface area contributed by atoms with E-state index in [0.717, 1.165) is 11.3 Å². The van der Waals surface area contributed by atoms with Gasteiger partial charge in [-0.15, -0.1) is 0 Å². The predicted octanol–water partition coefficient (Wildman–Crippen LogP) is 2.56. The van der Waals surface area contributed by atoms with Crippen LogP contribution in [0.2, 0.25) is 0 Å². The number of nitrogens with zero attached hydrogens (tertiary/aromatic N) is 4. The van der Waals surface area contributed by atoms with Crippen molar-refractivity contribution in [1.29, 1.82) is 0 Å². The molecule has 0 radical (unpaired) electrons. The van der Waals surface area contributed by atoms with Crippen molar-refractivity contribution in [2.75, 3.05) is 25.6 Å². The van der Waals surface area contributed by atoms with E-state index >= 15 is 0 Å². The van der Waals surface area contributed by atoms with Crippen LogP contribution in [0.15, 0.2) is 41.3 Å². The average molecular weight is 311 g/mol. The van der Waals surface area contributed by atoms with Crippen molar-refractivity contribution in [2.24, 2.45) is 0 Å². The second-order valence-electron chi connectivity index (χ2n) is 4.88. The Bertz CT molecular complexity index is 773. The Kier molecular flexibility index (Phi) is 4.58. The summed E-state index contributed by atoms with van der Waals surface area (Å²) in [6, 6.07) is 3.78. The molecule has 0 unspecified atom stereocenters. The van der Waals surface area contributed by atoms with Gasteiger partial charge in [-0.05, 0) is 19.1 Å². The smallest absolute Gasteiger partial charge is 0.223 e. The number of methoxy groups -OCH3 is 1. The van der Waals surface area contributed by atoms with Crippen LogP contribution in [0.1, 0.15) is 5.76 Å². The number of ether oxygens (including phenoxy) is 1. The topological polar surface area (TPSA) is 86.0 Å². The van der Waals surface area contributed by atoms with Gasteiger partial charge >= 0.3 is 0 Å². The molecule has 23 heavy (non-hydrogen) atoms. The van der Waals surface area contributed by atoms with Gasteiger partial charge < -0.3 is 14.5 Å². The average Bonchev–Trinajstić information content (AvgIpc) is 3.02. The number of hydrogen-bond donors (Lipinski definition) is 1. The van der Waals surface area contributed by atoms with E-state index in [2.05, 4.69) is 25.3 Å². The molecular weight excluding hydrogens is 294 g/mol. The molecule has 3 aromatic heterocycles. The van der Waals surface area contributed by atoms with Gasteiger partial charge in [-0.3, -0.25) is 9.97 Å². The Morgan fingerprint density at radius 2 is 2.09 bits per heavy atom. The molecule has 0 saturated heterocycles. The molecule has 0 aromatic carbocycles. The Morgan fingerprint density at radius 1 is 1.17 bits per heavy atom. The van der Waals surface area contributed by atoms with Crippen LogP contribution in [-0.4, -0.2) is 40.2 Å². The maximum absolute atomic E-state index is 5.72. The first-order valence-electron chi connectivity index (χ1n) is 7.21. The minimum Gasteiger partial charge on any atom is -0.460 e. The molecule has 0 aliphatic heterocycles. The van der Waals surface area contributed by atoms with Crippen LogP contribution in [0.5, 0.6) is 0 Å². The van der Waals surface area contributed by atoms with Crippen molar-refractivity contribution >= 4 is 5.95 Å². The largest absolute Gasteiger partial charge is 0.460 e. The molecule has 118 valence electrons. The van der Waals surface area contributed by atoms with E-state index in [4.69, 9.17) is 9.15 Å². The van der Waals surface area contributed by atoms with E-state index in [0.29, 0.717) is 36.2 Å². The summed E-state index contributed by atoms with van der Waals surface area (Å²) in [4.78, 5) is 17.3. The van der Waals surface area contributed by atoms with Crippen molar-refractivity contribution in [3.63, 3.8) is 0 Å². The molecular formula is C16H17N5O2. The summed E-state index contributed by atoms with van der Waals surface area (Å²) in [5, 5.41) is 3.12. The summed E-state index contributed by atoms with van der Waals surface area (Å²) in [6.45, 7) is 3.09. The number of nitrogens with one attached hydrogen (secondary N) is 1. The molecule has 7 heteroatoms. The fourth-order valence-corrected chi connectivity index (χ4v) is 2.11. The van der Waals surface area contributed by atoms with E-state index in [1.165, 1.54) is 0 Å². The predicted molar refractivity (Wildman–Crippen MR) is 85.9 cm³/mol. The zero-order valence-electron chi connectivity index (χ0n) is 13.0. The van der Waals surface area contributed by atoms with Gasteiger partial charge in [0, 0.05) is 37.8 Å². The highest BCUT2D eigenvalue weighted by molar-refractivity contribution is 5.76. The van der Waals surface area contributed by atoms with Gasteiger partial charge in [0.2, 0.25) is 5.95 Å². The summed E-state index contributed by atoms with van der Waals surface area (Å²) in [5.41, 5.74) is 2.14. The first-order valence-corrected chi connectivity index (χ1v) is 7.21. The Hall–Kier alpha value is -2.80. The number of furan rings is 1. The zero-order chi connectivity index (χ0) is 16.1. The van der Waals surface area contributed by atoms with Gasteiger partial charge in [0.05, 0.1) is 18.5 Å². The van der Waals surface area contributed by atoms with E-state index in [1.807, 2.05) is 19.1 Å². The fraction of sp³-hybridized carbons (Fsp3) is 0.250. The monoisotopic (exact) mass is 311 g/mol. The molecule has 3 rings (SSSR count). The second kappa shape index (κ2) is 6.97. The number of anilines is 1. The lowest BCUT2D eigenvalue weighted by Gasteiger charge is -2.09. The fourth-order valence-electron chi connectivity index (χ4n) is 2.11. The molecule has 0 aliphatic carbocycles. The summed E-state index contributed by atoms with van der Waals surface area (Å²) in [7, 11) is 1.65. The van der Waals surface area contributed by atoms with Gasteiger partial charge in [0.15, 0.2) is 5.76 Å². The molecule has 3 heterocycles. The quantitative estimate of drug-likeness (QED) is 0.700. The molecule has 0 bridgehead atoms. The molecule has 3 aromatic rings. The van der Waals surface area contributed by atoms with Crippen molar-refractivity contribution in [2.45, 2.75) is 6.92 Å². The van der Waals surface area contributed by atoms with E-state index in [9.17, 15) is 0 Å². The Labute approximate surface area is 133 Å². The number of aromatic nitrogens is 4. The van der Waals surface area contributed by atoms with Crippen molar-refractivity contribution in [3.8, 4) is 22.7 Å². The SMILES string of the molecule is COCCNc1ncc(-c2cnccn2)c(-c2ccc(C)o2)n1. The molecule has 7 nitrogen and oxygen atoms in total. The van der Waals surface area contributed by atoms with Crippen molar-refractivity contribution < 1.29 is 9.15 Å². The van der Waals surface area contributed by atoms with Crippen LogP contribution in [-0.2, 0) is 4.74 Å². The highest BCUT2D eigenvalue weighted by Gasteiger charge is 2.15. The molecule has 1 N–H and O–H groups in total. The van der Waals surface area contributed by atoms with Crippen LogP contribution in [0.25, 0.3) is 22.7 Å². The maximum Gasteiger partial charge on any atom is 0.223 e. The third-order valence-electron chi connectivity index (χ3n) is 3.19.